The number of hydrogen-bond donors (Lipinski definition) is 7. The molecule has 1 rings (SSSR count). The molecule has 206 valence electrons. The maximum atomic E-state index is 12.8. The smallest absolute Gasteiger partial charge is 0.475 e. The van der Waals surface area contributed by atoms with E-state index in [1.165, 1.54) is 6.92 Å². The number of nitrogens with two attached hydrogens (primary N) is 3. The molecule has 2 atom stereocenters. The van der Waals surface area contributed by atoms with Crippen LogP contribution in [0.3, 0.4) is 0 Å². The van der Waals surface area contributed by atoms with Crippen LogP contribution >= 0.6 is 0 Å². The zero-order chi connectivity index (χ0) is 28.6. The molecule has 0 bridgehead atoms. The molecule has 0 aromatic heterocycles. The third kappa shape index (κ3) is 16.0. The number of guanidine groups is 1. The van der Waals surface area contributed by atoms with E-state index in [1.54, 1.807) is 24.3 Å². The lowest BCUT2D eigenvalue weighted by Crippen LogP contribution is -2.55. The molecule has 0 aliphatic carbocycles. The number of primary amides is 1. The number of carbonyl (C=O) groups excluding carboxylic acids is 4. The number of benzene rings is 1. The van der Waals surface area contributed by atoms with Crippen LogP contribution in [0.25, 0.3) is 0 Å². The Labute approximate surface area is 210 Å². The number of carboxylic acid groups (broad SMARTS) is 1. The second-order valence-corrected chi connectivity index (χ2v) is 7.44. The molecule has 1 aromatic carbocycles. The average Bonchev–Trinajstić information content (AvgIpc) is 2.79. The minimum absolute atomic E-state index is 0.0652. The lowest BCUT2D eigenvalue weighted by atomic mass is 10.0. The molecule has 0 unspecified atom stereocenters. The first-order chi connectivity index (χ1) is 17.1. The van der Waals surface area contributed by atoms with Crippen LogP contribution in [0.2, 0.25) is 0 Å². The van der Waals surface area contributed by atoms with E-state index in [2.05, 4.69) is 20.9 Å². The van der Waals surface area contributed by atoms with Gasteiger partial charge >= 0.3 is 12.1 Å². The second-order valence-electron chi connectivity index (χ2n) is 7.44. The number of nitrogens with one attached hydrogen (secondary N) is 3. The second kappa shape index (κ2) is 16.3. The van der Waals surface area contributed by atoms with Crippen molar-refractivity contribution in [2.24, 2.45) is 22.2 Å². The van der Waals surface area contributed by atoms with Gasteiger partial charge in [-0.25, -0.2) is 4.79 Å². The van der Waals surface area contributed by atoms with Gasteiger partial charge in [0.05, 0.1) is 6.54 Å². The molecule has 0 saturated heterocycles. The first-order valence-electron chi connectivity index (χ1n) is 10.7. The maximum absolute atomic E-state index is 12.8. The van der Waals surface area contributed by atoms with E-state index in [4.69, 9.17) is 27.1 Å². The fourth-order valence-corrected chi connectivity index (χ4v) is 2.65. The van der Waals surface area contributed by atoms with Gasteiger partial charge in [0.15, 0.2) is 5.96 Å². The number of rotatable bonds is 12. The van der Waals surface area contributed by atoms with Crippen LogP contribution in [-0.4, -0.2) is 72.0 Å². The molecule has 10 N–H and O–H groups in total. The highest BCUT2D eigenvalue weighted by Gasteiger charge is 2.38. The number of alkyl halides is 3. The molecule has 0 fully saturated rings. The molecular weight excluding hydrogens is 503 g/mol. The molecular formula is C21H30F3N7O6. The molecule has 0 saturated carbocycles. The Bertz CT molecular complexity index is 954. The summed E-state index contributed by atoms with van der Waals surface area (Å²) < 4.78 is 31.7. The van der Waals surface area contributed by atoms with Crippen molar-refractivity contribution in [3.8, 4) is 0 Å². The van der Waals surface area contributed by atoms with Crippen molar-refractivity contribution < 1.29 is 42.3 Å². The standard InChI is InChI=1S/C19H29N7O4.C2HF3O2/c1-12(27)25-14(8-5-9-23-19(21)22)18(30)26-15(17(29)24-11-16(20)28)10-13-6-3-2-4-7-13;3-2(4,5)1(6)7/h2-4,6-7,14-15H,5,8-11H2,1H3,(H2,20,28)(H,24,29)(H,25,27)(H,26,30)(H4,21,22,23);(H,6,7)/t14-,15+;/m1./s1. The number of aliphatic imine (C=N–C) groups is 1. The van der Waals surface area contributed by atoms with Gasteiger partial charge in [-0.2, -0.15) is 13.2 Å². The normalized spacial score (nSPS) is 12.0. The SMILES string of the molecule is CC(=O)N[C@H](CCCN=C(N)N)C(=O)N[C@@H](Cc1ccccc1)C(=O)NCC(N)=O.O=C(O)C(F)(F)F. The summed E-state index contributed by atoms with van der Waals surface area (Å²) in [5.74, 6) is -5.02. The Morgan fingerprint density at radius 2 is 1.54 bits per heavy atom. The maximum Gasteiger partial charge on any atom is 0.490 e. The van der Waals surface area contributed by atoms with Crippen LogP contribution in [-0.2, 0) is 30.4 Å². The van der Waals surface area contributed by atoms with E-state index in [9.17, 15) is 32.3 Å². The van der Waals surface area contributed by atoms with E-state index < -0.39 is 47.9 Å². The van der Waals surface area contributed by atoms with Gasteiger partial charge in [0.25, 0.3) is 0 Å². The van der Waals surface area contributed by atoms with Gasteiger partial charge in [-0.05, 0) is 18.4 Å². The van der Waals surface area contributed by atoms with Gasteiger partial charge in [-0.1, -0.05) is 30.3 Å². The summed E-state index contributed by atoms with van der Waals surface area (Å²) in [5.41, 5.74) is 16.4. The largest absolute Gasteiger partial charge is 0.490 e. The van der Waals surface area contributed by atoms with Crippen molar-refractivity contribution in [3.05, 3.63) is 35.9 Å². The number of hydrogen-bond acceptors (Lipinski definition) is 6. The van der Waals surface area contributed by atoms with E-state index in [1.807, 2.05) is 6.07 Å². The lowest BCUT2D eigenvalue weighted by molar-refractivity contribution is -0.192. The average molecular weight is 534 g/mol. The van der Waals surface area contributed by atoms with Crippen LogP contribution < -0.4 is 33.2 Å². The molecule has 4 amide bonds. The molecule has 0 spiro atoms. The fraction of sp³-hybridized carbons (Fsp3) is 0.429. The number of carboxylic acids is 1. The molecule has 0 radical (unpaired) electrons. The minimum atomic E-state index is -5.08. The number of halogens is 3. The quantitative estimate of drug-likeness (QED) is 0.0947. The van der Waals surface area contributed by atoms with Gasteiger partial charge in [0, 0.05) is 19.9 Å². The van der Waals surface area contributed by atoms with Crippen molar-refractivity contribution in [2.45, 2.75) is 44.4 Å². The fourth-order valence-electron chi connectivity index (χ4n) is 2.65. The Morgan fingerprint density at radius 1 is 0.973 bits per heavy atom. The topological polar surface area (TPSA) is 232 Å². The summed E-state index contributed by atoms with van der Waals surface area (Å²) in [4.78, 5) is 60.5. The van der Waals surface area contributed by atoms with E-state index in [0.717, 1.165) is 5.56 Å². The van der Waals surface area contributed by atoms with Crippen LogP contribution in [0.1, 0.15) is 25.3 Å². The predicted octanol–water partition coefficient (Wildman–Crippen LogP) is -1.49. The summed E-state index contributed by atoms with van der Waals surface area (Å²) in [6, 6.07) is 7.21. The number of amides is 4. The van der Waals surface area contributed by atoms with E-state index in [-0.39, 0.29) is 31.9 Å². The first-order valence-corrected chi connectivity index (χ1v) is 10.7. The molecule has 0 heterocycles. The number of carbonyl (C=O) groups is 5. The first kappa shape index (κ1) is 32.6. The van der Waals surface area contributed by atoms with Crippen LogP contribution in [0.5, 0.6) is 0 Å². The molecule has 37 heavy (non-hydrogen) atoms. The van der Waals surface area contributed by atoms with Crippen LogP contribution in [0.15, 0.2) is 35.3 Å². The van der Waals surface area contributed by atoms with Crippen molar-refractivity contribution >= 4 is 35.6 Å². The third-order valence-corrected chi connectivity index (χ3v) is 4.23. The summed E-state index contributed by atoms with van der Waals surface area (Å²) in [6.45, 7) is 1.23. The van der Waals surface area contributed by atoms with Crippen molar-refractivity contribution in [1.29, 1.82) is 0 Å². The van der Waals surface area contributed by atoms with Crippen molar-refractivity contribution in [2.75, 3.05) is 13.1 Å². The third-order valence-electron chi connectivity index (χ3n) is 4.23. The van der Waals surface area contributed by atoms with Crippen molar-refractivity contribution in [3.63, 3.8) is 0 Å². The highest BCUT2D eigenvalue weighted by molar-refractivity contribution is 5.93. The van der Waals surface area contributed by atoms with Gasteiger partial charge in [0.2, 0.25) is 23.6 Å². The molecule has 0 aliphatic heterocycles. The van der Waals surface area contributed by atoms with Gasteiger partial charge in [-0.3, -0.25) is 24.2 Å². The van der Waals surface area contributed by atoms with Crippen molar-refractivity contribution in [1.82, 2.24) is 16.0 Å². The molecule has 1 aromatic rings. The lowest BCUT2D eigenvalue weighted by Gasteiger charge is -2.23. The predicted molar refractivity (Wildman–Crippen MR) is 125 cm³/mol. The Morgan fingerprint density at radius 3 is 2.00 bits per heavy atom. The van der Waals surface area contributed by atoms with Crippen LogP contribution in [0.4, 0.5) is 13.2 Å². The summed E-state index contributed by atoms with van der Waals surface area (Å²) >= 11 is 0. The Kier molecular flexibility index (Phi) is 14.4. The Hall–Kier alpha value is -4.37. The monoisotopic (exact) mass is 533 g/mol. The summed E-state index contributed by atoms with van der Waals surface area (Å²) in [6.07, 6.45) is -4.19. The van der Waals surface area contributed by atoms with E-state index >= 15 is 0 Å². The number of aliphatic carboxylic acids is 1. The number of nitrogens with zero attached hydrogens (tertiary/aromatic N) is 1. The summed E-state index contributed by atoms with van der Waals surface area (Å²) in [5, 5.41) is 14.7. The Balaban J connectivity index is 0.00000161. The van der Waals surface area contributed by atoms with Gasteiger partial charge in [-0.15, -0.1) is 0 Å². The van der Waals surface area contributed by atoms with Gasteiger partial charge in [0.1, 0.15) is 12.1 Å². The summed E-state index contributed by atoms with van der Waals surface area (Å²) in [7, 11) is 0. The highest BCUT2D eigenvalue weighted by Crippen LogP contribution is 2.13. The zero-order valence-electron chi connectivity index (χ0n) is 19.9. The molecule has 16 heteroatoms. The minimum Gasteiger partial charge on any atom is -0.475 e. The van der Waals surface area contributed by atoms with E-state index in [0.29, 0.717) is 6.42 Å². The molecule has 13 nitrogen and oxygen atoms in total. The van der Waals surface area contributed by atoms with Gasteiger partial charge < -0.3 is 38.3 Å². The molecule has 0 aliphatic rings. The zero-order valence-corrected chi connectivity index (χ0v) is 19.9. The van der Waals surface area contributed by atoms with Crippen LogP contribution in [0, 0.1) is 0 Å². The highest BCUT2D eigenvalue weighted by atomic mass is 19.4.